The lowest BCUT2D eigenvalue weighted by atomic mass is 10.2. The molecule has 6 heteroatoms. The van der Waals surface area contributed by atoms with Crippen LogP contribution in [0.3, 0.4) is 0 Å². The second-order valence-electron chi connectivity index (χ2n) is 3.58. The lowest BCUT2D eigenvalue weighted by Crippen LogP contribution is -2.45. The van der Waals surface area contributed by atoms with E-state index in [9.17, 15) is 9.59 Å². The van der Waals surface area contributed by atoms with E-state index >= 15 is 0 Å². The van der Waals surface area contributed by atoms with E-state index in [0.29, 0.717) is 18.3 Å². The first-order valence-electron chi connectivity index (χ1n) is 4.67. The van der Waals surface area contributed by atoms with Crippen molar-refractivity contribution in [2.45, 2.75) is 12.5 Å². The molecule has 1 aliphatic rings. The molecule has 1 rings (SSSR count). The fourth-order valence-corrected chi connectivity index (χ4v) is 2.10. The predicted molar refractivity (Wildman–Crippen MR) is 56.9 cm³/mol. The summed E-state index contributed by atoms with van der Waals surface area (Å²) < 4.78 is 4.81. The number of methoxy groups -OCH3 is 1. The fourth-order valence-electron chi connectivity index (χ4n) is 1.67. The lowest BCUT2D eigenvalue weighted by molar-refractivity contribution is -0.150. The highest BCUT2D eigenvalue weighted by atomic mass is 79.9. The maximum absolute atomic E-state index is 11.6. The van der Waals surface area contributed by atoms with Crippen LogP contribution >= 0.6 is 15.9 Å². The van der Waals surface area contributed by atoms with Crippen LogP contribution in [-0.4, -0.2) is 53.5 Å². The number of carbonyl (C=O) groups is 2. The zero-order valence-corrected chi connectivity index (χ0v) is 10.1. The van der Waals surface area contributed by atoms with Crippen LogP contribution in [0, 0.1) is 5.92 Å². The van der Waals surface area contributed by atoms with Crippen LogP contribution in [0.4, 0.5) is 0 Å². The molecule has 0 bridgehead atoms. The van der Waals surface area contributed by atoms with E-state index in [4.69, 9.17) is 9.84 Å². The number of likely N-dealkylation sites (tertiary alicyclic amines) is 1. The molecule has 0 aromatic carbocycles. The van der Waals surface area contributed by atoms with E-state index in [-0.39, 0.29) is 18.4 Å². The van der Waals surface area contributed by atoms with Gasteiger partial charge in [-0.2, -0.15) is 0 Å². The molecule has 1 aliphatic heterocycles. The molecule has 0 spiro atoms. The minimum Gasteiger partial charge on any atom is -0.480 e. The van der Waals surface area contributed by atoms with Crippen LogP contribution < -0.4 is 0 Å². The van der Waals surface area contributed by atoms with Gasteiger partial charge in [-0.25, -0.2) is 4.79 Å². The number of carboxylic acids is 1. The second-order valence-corrected chi connectivity index (χ2v) is 4.23. The van der Waals surface area contributed by atoms with Gasteiger partial charge in [-0.1, -0.05) is 15.9 Å². The highest BCUT2D eigenvalue weighted by molar-refractivity contribution is 9.09. The molecule has 0 aromatic rings. The standard InChI is InChI=1S/C9H14BrNO4/c1-15-5-7(9(13)14)11-4-6(3-10)2-8(11)12/h6-7H,2-5H2,1H3,(H,13,14)/t6?,7-/m0/s1. The second kappa shape index (κ2) is 5.46. The van der Waals surface area contributed by atoms with Crippen molar-refractivity contribution in [2.75, 3.05) is 25.6 Å². The number of rotatable bonds is 5. The summed E-state index contributed by atoms with van der Waals surface area (Å²) in [5.41, 5.74) is 0. The first-order chi connectivity index (χ1) is 7.10. The highest BCUT2D eigenvalue weighted by Crippen LogP contribution is 2.22. The van der Waals surface area contributed by atoms with Crippen molar-refractivity contribution in [3.63, 3.8) is 0 Å². The highest BCUT2D eigenvalue weighted by Gasteiger charge is 2.37. The molecule has 2 atom stereocenters. The van der Waals surface area contributed by atoms with Crippen molar-refractivity contribution in [1.29, 1.82) is 0 Å². The molecule has 1 amide bonds. The van der Waals surface area contributed by atoms with E-state index < -0.39 is 12.0 Å². The largest absolute Gasteiger partial charge is 0.480 e. The number of ether oxygens (including phenoxy) is 1. The van der Waals surface area contributed by atoms with Gasteiger partial charge in [0.15, 0.2) is 6.04 Å². The van der Waals surface area contributed by atoms with Crippen LogP contribution in [0.5, 0.6) is 0 Å². The molecular weight excluding hydrogens is 266 g/mol. The Hall–Kier alpha value is -0.620. The average molecular weight is 280 g/mol. The summed E-state index contributed by atoms with van der Waals surface area (Å²) >= 11 is 3.30. The minimum atomic E-state index is -1.01. The molecule has 1 unspecified atom stereocenters. The zero-order chi connectivity index (χ0) is 11.4. The summed E-state index contributed by atoms with van der Waals surface area (Å²) in [4.78, 5) is 23.9. The van der Waals surface area contributed by atoms with Gasteiger partial charge >= 0.3 is 5.97 Å². The monoisotopic (exact) mass is 279 g/mol. The van der Waals surface area contributed by atoms with Crippen LogP contribution in [0.2, 0.25) is 0 Å². The van der Waals surface area contributed by atoms with Gasteiger partial charge in [0.25, 0.3) is 0 Å². The summed E-state index contributed by atoms with van der Waals surface area (Å²) in [6, 6.07) is -0.855. The minimum absolute atomic E-state index is 0.0378. The lowest BCUT2D eigenvalue weighted by Gasteiger charge is -2.23. The Bertz CT molecular complexity index is 258. The van der Waals surface area contributed by atoms with Gasteiger partial charge in [0.05, 0.1) is 6.61 Å². The molecule has 0 radical (unpaired) electrons. The van der Waals surface area contributed by atoms with Gasteiger partial charge in [-0.3, -0.25) is 4.79 Å². The van der Waals surface area contributed by atoms with Crippen molar-refractivity contribution < 1.29 is 19.4 Å². The number of amides is 1. The number of alkyl halides is 1. The van der Waals surface area contributed by atoms with Gasteiger partial charge in [-0.15, -0.1) is 0 Å². The third-order valence-corrected chi connectivity index (χ3v) is 3.36. The summed E-state index contributed by atoms with van der Waals surface area (Å²) in [5, 5.41) is 9.67. The van der Waals surface area contributed by atoms with Gasteiger partial charge in [-0.05, 0) is 5.92 Å². The number of carbonyl (C=O) groups excluding carboxylic acids is 1. The SMILES string of the molecule is COC[C@@H](C(=O)O)N1CC(CBr)CC1=O. The third kappa shape index (κ3) is 2.92. The van der Waals surface area contributed by atoms with Gasteiger partial charge in [0, 0.05) is 25.4 Å². The number of nitrogens with zero attached hydrogens (tertiary/aromatic N) is 1. The Morgan fingerprint density at radius 2 is 2.47 bits per heavy atom. The Balaban J connectivity index is 2.68. The number of aliphatic carboxylic acids is 1. The summed E-state index contributed by atoms with van der Waals surface area (Å²) in [6.07, 6.45) is 0.415. The van der Waals surface area contributed by atoms with Crippen LogP contribution in [0.25, 0.3) is 0 Å². The fraction of sp³-hybridized carbons (Fsp3) is 0.778. The van der Waals surface area contributed by atoms with Gasteiger partial charge in [0.2, 0.25) is 5.91 Å². The first-order valence-corrected chi connectivity index (χ1v) is 5.79. The molecule has 1 heterocycles. The van der Waals surface area contributed by atoms with Crippen molar-refractivity contribution in [1.82, 2.24) is 4.90 Å². The Kier molecular flexibility index (Phi) is 4.53. The molecule has 15 heavy (non-hydrogen) atoms. The molecule has 86 valence electrons. The number of hydrogen-bond acceptors (Lipinski definition) is 3. The molecule has 1 N–H and O–H groups in total. The predicted octanol–water partition coefficient (Wildman–Crippen LogP) is 0.329. The smallest absolute Gasteiger partial charge is 0.328 e. The molecule has 0 saturated carbocycles. The van der Waals surface area contributed by atoms with E-state index in [1.54, 1.807) is 0 Å². The summed E-state index contributed by atoms with van der Waals surface area (Å²) in [5.74, 6) is -0.916. The summed E-state index contributed by atoms with van der Waals surface area (Å²) in [7, 11) is 1.43. The van der Waals surface area contributed by atoms with Crippen LogP contribution in [-0.2, 0) is 14.3 Å². The molecule has 0 aromatic heterocycles. The van der Waals surface area contributed by atoms with Gasteiger partial charge in [0.1, 0.15) is 0 Å². The van der Waals surface area contributed by atoms with E-state index in [1.807, 2.05) is 0 Å². The first kappa shape index (κ1) is 12.4. The topological polar surface area (TPSA) is 66.8 Å². The molecular formula is C9H14BrNO4. The van der Waals surface area contributed by atoms with E-state index in [0.717, 1.165) is 0 Å². The van der Waals surface area contributed by atoms with Crippen molar-refractivity contribution in [3.8, 4) is 0 Å². The maximum atomic E-state index is 11.6. The summed E-state index contributed by atoms with van der Waals surface area (Å²) in [6.45, 7) is 0.528. The van der Waals surface area contributed by atoms with Crippen LogP contribution in [0.15, 0.2) is 0 Å². The average Bonchev–Trinajstić information content (AvgIpc) is 2.55. The molecule has 0 aliphatic carbocycles. The zero-order valence-electron chi connectivity index (χ0n) is 8.48. The molecule has 5 nitrogen and oxygen atoms in total. The Morgan fingerprint density at radius 3 is 2.87 bits per heavy atom. The van der Waals surface area contributed by atoms with E-state index in [2.05, 4.69) is 15.9 Å². The van der Waals surface area contributed by atoms with Gasteiger partial charge < -0.3 is 14.7 Å². The Morgan fingerprint density at radius 1 is 1.80 bits per heavy atom. The quantitative estimate of drug-likeness (QED) is 0.737. The molecule has 1 saturated heterocycles. The number of halogens is 1. The van der Waals surface area contributed by atoms with Crippen molar-refractivity contribution >= 4 is 27.8 Å². The van der Waals surface area contributed by atoms with Crippen molar-refractivity contribution in [2.24, 2.45) is 5.92 Å². The third-order valence-electron chi connectivity index (χ3n) is 2.44. The maximum Gasteiger partial charge on any atom is 0.328 e. The molecule has 1 fully saturated rings. The normalized spacial score (nSPS) is 23.2. The van der Waals surface area contributed by atoms with E-state index in [1.165, 1.54) is 12.0 Å². The van der Waals surface area contributed by atoms with Crippen LogP contribution in [0.1, 0.15) is 6.42 Å². The Labute approximate surface area is 96.5 Å². The number of carboxylic acid groups (broad SMARTS) is 1. The number of hydrogen-bond donors (Lipinski definition) is 1. The van der Waals surface area contributed by atoms with Crippen molar-refractivity contribution in [3.05, 3.63) is 0 Å².